The first-order valence-electron chi connectivity index (χ1n) is 11.1. The molecular formula is C24H27FN4O5. The maximum Gasteiger partial charge on any atom is 0.320 e. The van der Waals surface area contributed by atoms with Gasteiger partial charge in [-0.1, -0.05) is 37.1 Å². The molecule has 0 unspecified atom stereocenters. The van der Waals surface area contributed by atoms with Crippen LogP contribution >= 0.6 is 0 Å². The molecule has 0 atom stereocenters. The third kappa shape index (κ3) is 6.53. The average Bonchev–Trinajstić information content (AvgIpc) is 3.32. The van der Waals surface area contributed by atoms with Gasteiger partial charge < -0.3 is 24.9 Å². The number of aliphatic carboxylic acids is 1. The Hall–Kier alpha value is -3.95. The van der Waals surface area contributed by atoms with Crippen LogP contribution in [0.5, 0.6) is 5.75 Å². The van der Waals surface area contributed by atoms with E-state index in [0.717, 1.165) is 0 Å². The van der Waals surface area contributed by atoms with E-state index in [1.807, 2.05) is 32.0 Å². The molecule has 0 radical (unpaired) electrons. The summed E-state index contributed by atoms with van der Waals surface area (Å²) in [4.78, 5) is 23.4. The standard InChI is InChI=1S/C22H21FN4O5.C2H6/c23-17-12-16(31-15-8-6-13(7-9-15)21(29)30)10-11-18(17)25-19(28)20-26-27-22(32-20)24-14-4-2-1-3-5-14;1-2/h1-5,10-13,15H,6-9H2,(H,24,27)(H,25,28)(H,29,30);1-2H3. The highest BCUT2D eigenvalue weighted by Crippen LogP contribution is 2.29. The normalized spacial score (nSPS) is 17.1. The maximum atomic E-state index is 14.5. The zero-order chi connectivity index (χ0) is 24.5. The van der Waals surface area contributed by atoms with Crippen LogP contribution in [-0.4, -0.2) is 33.3 Å². The topological polar surface area (TPSA) is 127 Å². The Balaban J connectivity index is 0.00000158. The Labute approximate surface area is 196 Å². The van der Waals surface area contributed by atoms with E-state index in [4.69, 9.17) is 14.3 Å². The quantitative estimate of drug-likeness (QED) is 0.427. The lowest BCUT2D eigenvalue weighted by atomic mass is 9.87. The van der Waals surface area contributed by atoms with Crippen molar-refractivity contribution in [1.29, 1.82) is 0 Å². The molecule has 1 aliphatic rings. The molecule has 1 aromatic heterocycles. The molecule has 1 saturated carbocycles. The van der Waals surface area contributed by atoms with Crippen molar-refractivity contribution in [1.82, 2.24) is 10.2 Å². The summed E-state index contributed by atoms with van der Waals surface area (Å²) in [6.45, 7) is 4.00. The third-order valence-electron chi connectivity index (χ3n) is 5.16. The molecule has 3 N–H and O–H groups in total. The van der Waals surface area contributed by atoms with Crippen LogP contribution < -0.4 is 15.4 Å². The summed E-state index contributed by atoms with van der Waals surface area (Å²) >= 11 is 0. The van der Waals surface area contributed by atoms with Crippen molar-refractivity contribution < 1.29 is 28.2 Å². The van der Waals surface area contributed by atoms with Crippen LogP contribution in [0, 0.1) is 11.7 Å². The van der Waals surface area contributed by atoms with Gasteiger partial charge >= 0.3 is 23.8 Å². The van der Waals surface area contributed by atoms with Gasteiger partial charge in [0, 0.05) is 11.8 Å². The zero-order valence-electron chi connectivity index (χ0n) is 19.0. The van der Waals surface area contributed by atoms with Gasteiger partial charge in [0.25, 0.3) is 0 Å². The van der Waals surface area contributed by atoms with Gasteiger partial charge in [-0.3, -0.25) is 9.59 Å². The van der Waals surface area contributed by atoms with Crippen molar-refractivity contribution >= 4 is 29.3 Å². The van der Waals surface area contributed by atoms with E-state index in [-0.39, 0.29) is 29.6 Å². The molecule has 2 aromatic carbocycles. The number of anilines is 3. The van der Waals surface area contributed by atoms with Gasteiger partial charge in [0.15, 0.2) is 0 Å². The van der Waals surface area contributed by atoms with Crippen molar-refractivity contribution in [2.45, 2.75) is 45.6 Å². The number of nitrogens with zero attached hydrogens (tertiary/aromatic N) is 2. The fourth-order valence-corrected chi connectivity index (χ4v) is 3.48. The number of carboxylic acids is 1. The molecule has 34 heavy (non-hydrogen) atoms. The molecule has 0 saturated heterocycles. The van der Waals surface area contributed by atoms with Crippen LogP contribution in [0.25, 0.3) is 0 Å². The Morgan fingerprint density at radius 3 is 2.41 bits per heavy atom. The number of amides is 1. The molecule has 1 heterocycles. The second kappa shape index (κ2) is 11.8. The van der Waals surface area contributed by atoms with E-state index in [1.165, 1.54) is 18.2 Å². The van der Waals surface area contributed by atoms with Gasteiger partial charge in [0.2, 0.25) is 0 Å². The number of benzene rings is 2. The number of para-hydroxylation sites is 1. The Morgan fingerprint density at radius 1 is 1.06 bits per heavy atom. The lowest BCUT2D eigenvalue weighted by molar-refractivity contribution is -0.143. The van der Waals surface area contributed by atoms with Crippen LogP contribution in [0.1, 0.15) is 50.2 Å². The van der Waals surface area contributed by atoms with Crippen LogP contribution in [0.4, 0.5) is 21.8 Å². The Kier molecular flexibility index (Phi) is 8.55. The SMILES string of the molecule is CC.O=C(Nc1ccc(OC2CCC(C(=O)O)CC2)cc1F)c1nnc(Nc2ccccc2)o1. The first kappa shape index (κ1) is 24.7. The number of carbonyl (C=O) groups is 2. The van der Waals surface area contributed by atoms with Gasteiger partial charge in [-0.15, -0.1) is 5.10 Å². The molecule has 0 bridgehead atoms. The number of hydrogen-bond acceptors (Lipinski definition) is 7. The number of aromatic nitrogens is 2. The Bertz CT molecular complexity index is 1100. The van der Waals surface area contributed by atoms with E-state index in [0.29, 0.717) is 37.1 Å². The fourth-order valence-electron chi connectivity index (χ4n) is 3.48. The van der Waals surface area contributed by atoms with Crippen molar-refractivity contribution in [3.05, 3.63) is 60.2 Å². The molecule has 0 aliphatic heterocycles. The average molecular weight is 471 g/mol. The van der Waals surface area contributed by atoms with E-state index < -0.39 is 17.7 Å². The zero-order valence-corrected chi connectivity index (χ0v) is 19.0. The molecule has 4 rings (SSSR count). The molecule has 0 spiro atoms. The summed E-state index contributed by atoms with van der Waals surface area (Å²) in [5.41, 5.74) is 0.647. The lowest BCUT2D eigenvalue weighted by Gasteiger charge is -2.26. The first-order chi connectivity index (χ1) is 16.5. The van der Waals surface area contributed by atoms with E-state index in [2.05, 4.69) is 20.8 Å². The highest BCUT2D eigenvalue weighted by atomic mass is 19.1. The number of ether oxygens (including phenoxy) is 1. The molecule has 1 aliphatic carbocycles. The van der Waals surface area contributed by atoms with Gasteiger partial charge in [-0.05, 0) is 49.9 Å². The van der Waals surface area contributed by atoms with E-state index in [9.17, 15) is 14.0 Å². The van der Waals surface area contributed by atoms with E-state index >= 15 is 0 Å². The van der Waals surface area contributed by atoms with Gasteiger partial charge in [0.1, 0.15) is 11.6 Å². The van der Waals surface area contributed by atoms with Crippen molar-refractivity contribution in [3.63, 3.8) is 0 Å². The minimum Gasteiger partial charge on any atom is -0.490 e. The smallest absolute Gasteiger partial charge is 0.320 e. The number of carbonyl (C=O) groups excluding carboxylic acids is 1. The molecule has 1 fully saturated rings. The molecule has 3 aromatic rings. The summed E-state index contributed by atoms with van der Waals surface area (Å²) in [6, 6.07) is 13.2. The maximum absolute atomic E-state index is 14.5. The molecule has 9 nitrogen and oxygen atoms in total. The minimum absolute atomic E-state index is 0.0307. The van der Waals surface area contributed by atoms with Gasteiger partial charge in [-0.2, -0.15) is 0 Å². The molecular weight excluding hydrogens is 443 g/mol. The predicted octanol–water partition coefficient (Wildman–Crippen LogP) is 5.25. The highest BCUT2D eigenvalue weighted by Gasteiger charge is 2.27. The first-order valence-corrected chi connectivity index (χ1v) is 11.1. The minimum atomic E-state index is -0.793. The van der Waals surface area contributed by atoms with Gasteiger partial charge in [0.05, 0.1) is 17.7 Å². The number of halogens is 1. The molecule has 10 heteroatoms. The monoisotopic (exact) mass is 470 g/mol. The largest absolute Gasteiger partial charge is 0.490 e. The highest BCUT2D eigenvalue weighted by molar-refractivity contribution is 6.01. The van der Waals surface area contributed by atoms with Crippen molar-refractivity contribution in [2.75, 3.05) is 10.6 Å². The number of rotatable bonds is 7. The number of hydrogen-bond donors (Lipinski definition) is 3. The van der Waals surface area contributed by atoms with Crippen LogP contribution in [0.15, 0.2) is 52.9 Å². The van der Waals surface area contributed by atoms with Crippen LogP contribution in [0.3, 0.4) is 0 Å². The summed E-state index contributed by atoms with van der Waals surface area (Å²) < 4.78 is 25.5. The van der Waals surface area contributed by atoms with Crippen LogP contribution in [-0.2, 0) is 4.79 Å². The summed E-state index contributed by atoms with van der Waals surface area (Å²) in [6.07, 6.45) is 2.07. The third-order valence-corrected chi connectivity index (χ3v) is 5.16. The fraction of sp³-hybridized carbons (Fsp3) is 0.333. The predicted molar refractivity (Wildman–Crippen MR) is 124 cm³/mol. The van der Waals surface area contributed by atoms with Crippen molar-refractivity contribution in [3.8, 4) is 5.75 Å². The summed E-state index contributed by atoms with van der Waals surface area (Å²) in [5, 5.41) is 21.7. The number of carboxylic acid groups (broad SMARTS) is 1. The van der Waals surface area contributed by atoms with Crippen LogP contribution in [0.2, 0.25) is 0 Å². The second-order valence-corrected chi connectivity index (χ2v) is 7.43. The number of nitrogens with one attached hydrogen (secondary N) is 2. The molecule has 180 valence electrons. The Morgan fingerprint density at radius 2 is 1.76 bits per heavy atom. The summed E-state index contributed by atoms with van der Waals surface area (Å²) in [7, 11) is 0. The second-order valence-electron chi connectivity index (χ2n) is 7.43. The van der Waals surface area contributed by atoms with E-state index in [1.54, 1.807) is 12.1 Å². The van der Waals surface area contributed by atoms with Gasteiger partial charge in [-0.25, -0.2) is 4.39 Å². The summed E-state index contributed by atoms with van der Waals surface area (Å²) in [5.74, 6) is -2.59. The lowest BCUT2D eigenvalue weighted by Crippen LogP contribution is -2.27. The van der Waals surface area contributed by atoms with Crippen molar-refractivity contribution in [2.24, 2.45) is 5.92 Å². The molecule has 1 amide bonds.